The molecular weight excluding hydrogens is 338 g/mol. The van der Waals surface area contributed by atoms with E-state index in [0.717, 1.165) is 6.42 Å². The highest BCUT2D eigenvalue weighted by molar-refractivity contribution is 7.91. The molecule has 1 aliphatic rings. The van der Waals surface area contributed by atoms with Crippen molar-refractivity contribution >= 4 is 21.6 Å². The van der Waals surface area contributed by atoms with Crippen LogP contribution in [0.1, 0.15) is 22.3 Å². The van der Waals surface area contributed by atoms with Crippen LogP contribution in [0.25, 0.3) is 0 Å². The van der Waals surface area contributed by atoms with Crippen LogP contribution in [0.15, 0.2) is 48.7 Å². The van der Waals surface area contributed by atoms with E-state index < -0.39 is 9.84 Å². The Bertz CT molecular complexity index is 838. The van der Waals surface area contributed by atoms with Crippen molar-refractivity contribution in [2.75, 3.05) is 23.4 Å². The number of anilines is 1. The first-order valence-corrected chi connectivity index (χ1v) is 10.1. The van der Waals surface area contributed by atoms with Crippen LogP contribution in [-0.2, 0) is 16.3 Å². The van der Waals surface area contributed by atoms with Crippen molar-refractivity contribution in [2.24, 2.45) is 0 Å². The molecule has 25 heavy (non-hydrogen) atoms. The Labute approximate surface area is 147 Å². The zero-order chi connectivity index (χ0) is 17.7. The average molecular weight is 359 g/mol. The molecule has 132 valence electrons. The van der Waals surface area contributed by atoms with Crippen LogP contribution < -0.4 is 10.6 Å². The summed E-state index contributed by atoms with van der Waals surface area (Å²) in [5.74, 6) is 0.519. The molecule has 2 N–H and O–H groups in total. The molecule has 1 fully saturated rings. The van der Waals surface area contributed by atoms with Crippen LogP contribution >= 0.6 is 0 Å². The monoisotopic (exact) mass is 359 g/mol. The molecule has 7 heteroatoms. The van der Waals surface area contributed by atoms with Gasteiger partial charge in [-0.3, -0.25) is 4.79 Å². The first-order valence-electron chi connectivity index (χ1n) is 8.27. The molecule has 1 aromatic heterocycles. The van der Waals surface area contributed by atoms with Gasteiger partial charge in [0.15, 0.2) is 9.84 Å². The van der Waals surface area contributed by atoms with Crippen molar-refractivity contribution in [2.45, 2.75) is 18.9 Å². The highest BCUT2D eigenvalue weighted by atomic mass is 32.2. The maximum absolute atomic E-state index is 12.3. The van der Waals surface area contributed by atoms with E-state index in [0.29, 0.717) is 24.3 Å². The second kappa shape index (κ2) is 7.65. The van der Waals surface area contributed by atoms with E-state index in [-0.39, 0.29) is 23.5 Å². The van der Waals surface area contributed by atoms with Gasteiger partial charge in [-0.25, -0.2) is 13.4 Å². The Morgan fingerprint density at radius 3 is 2.72 bits per heavy atom. The third-order valence-corrected chi connectivity index (χ3v) is 5.92. The number of carbonyl (C=O) groups excluding carboxylic acids is 1. The van der Waals surface area contributed by atoms with Crippen LogP contribution in [0, 0.1) is 0 Å². The molecule has 1 amide bonds. The number of benzene rings is 1. The van der Waals surface area contributed by atoms with Gasteiger partial charge in [-0.1, -0.05) is 30.3 Å². The summed E-state index contributed by atoms with van der Waals surface area (Å²) >= 11 is 0. The number of carbonyl (C=O) groups is 1. The molecule has 1 unspecified atom stereocenters. The van der Waals surface area contributed by atoms with Crippen molar-refractivity contribution < 1.29 is 13.2 Å². The van der Waals surface area contributed by atoms with Crippen LogP contribution in [0.3, 0.4) is 0 Å². The minimum absolute atomic E-state index is 0.0198. The first-order chi connectivity index (χ1) is 12.0. The summed E-state index contributed by atoms with van der Waals surface area (Å²) in [5, 5.41) is 5.99. The van der Waals surface area contributed by atoms with Gasteiger partial charge in [0.2, 0.25) is 0 Å². The normalized spacial score (nSPS) is 18.6. The predicted octanol–water partition coefficient (Wildman–Crippen LogP) is 1.65. The quantitative estimate of drug-likeness (QED) is 0.819. The van der Waals surface area contributed by atoms with E-state index in [1.807, 2.05) is 18.2 Å². The summed E-state index contributed by atoms with van der Waals surface area (Å²) < 4.78 is 23.0. The van der Waals surface area contributed by atoms with Gasteiger partial charge in [0.05, 0.1) is 11.5 Å². The van der Waals surface area contributed by atoms with Gasteiger partial charge in [-0.2, -0.15) is 0 Å². The largest absolute Gasteiger partial charge is 0.370 e. The number of pyridine rings is 1. The zero-order valence-electron chi connectivity index (χ0n) is 13.8. The molecule has 0 spiro atoms. The number of nitrogens with zero attached hydrogens (tertiary/aromatic N) is 1. The fraction of sp³-hybridized carbons (Fsp3) is 0.333. The van der Waals surface area contributed by atoms with Crippen molar-refractivity contribution in [3.8, 4) is 0 Å². The summed E-state index contributed by atoms with van der Waals surface area (Å²) in [6.45, 7) is 0.711. The topological polar surface area (TPSA) is 88.2 Å². The van der Waals surface area contributed by atoms with Crippen LogP contribution in [-0.4, -0.2) is 43.4 Å². The number of hydrogen-bond acceptors (Lipinski definition) is 5. The maximum Gasteiger partial charge on any atom is 0.251 e. The standard InChI is InChI=1S/C18H21N3O3S/c22-18(21-16-8-11-25(23,24)13-16)15-7-10-20-17(12-15)19-9-6-14-4-2-1-3-5-14/h1-5,7,10,12,16H,6,8-9,11,13H2,(H,19,20)(H,21,22). The van der Waals surface area contributed by atoms with E-state index in [1.54, 1.807) is 18.3 Å². The van der Waals surface area contributed by atoms with Crippen molar-refractivity contribution in [3.05, 3.63) is 59.8 Å². The highest BCUT2D eigenvalue weighted by Crippen LogP contribution is 2.13. The van der Waals surface area contributed by atoms with Gasteiger partial charge in [0.25, 0.3) is 5.91 Å². The number of nitrogens with one attached hydrogen (secondary N) is 2. The molecule has 2 heterocycles. The lowest BCUT2D eigenvalue weighted by Crippen LogP contribution is -2.35. The molecule has 0 saturated carbocycles. The average Bonchev–Trinajstić information content (AvgIpc) is 2.94. The lowest BCUT2D eigenvalue weighted by atomic mass is 10.1. The fourth-order valence-corrected chi connectivity index (χ4v) is 4.50. The van der Waals surface area contributed by atoms with Gasteiger partial charge < -0.3 is 10.6 Å². The molecule has 1 aliphatic heterocycles. The highest BCUT2D eigenvalue weighted by Gasteiger charge is 2.29. The van der Waals surface area contributed by atoms with Gasteiger partial charge in [0, 0.05) is 24.3 Å². The van der Waals surface area contributed by atoms with Crippen molar-refractivity contribution in [1.82, 2.24) is 10.3 Å². The molecule has 1 saturated heterocycles. The third-order valence-electron chi connectivity index (χ3n) is 4.15. The second-order valence-corrected chi connectivity index (χ2v) is 8.39. The molecule has 3 rings (SSSR count). The molecule has 0 bridgehead atoms. The lowest BCUT2D eigenvalue weighted by molar-refractivity contribution is 0.0941. The summed E-state index contributed by atoms with van der Waals surface area (Å²) in [4.78, 5) is 16.5. The summed E-state index contributed by atoms with van der Waals surface area (Å²) in [6.07, 6.45) is 2.91. The molecule has 6 nitrogen and oxygen atoms in total. The molecule has 0 aliphatic carbocycles. The van der Waals surface area contributed by atoms with Crippen LogP contribution in [0.2, 0.25) is 0 Å². The van der Waals surface area contributed by atoms with E-state index in [4.69, 9.17) is 0 Å². The first kappa shape index (κ1) is 17.4. The Balaban J connectivity index is 1.54. The van der Waals surface area contributed by atoms with Crippen molar-refractivity contribution in [3.63, 3.8) is 0 Å². The Morgan fingerprint density at radius 1 is 1.20 bits per heavy atom. The maximum atomic E-state index is 12.3. The molecule has 1 aromatic carbocycles. The summed E-state index contributed by atoms with van der Waals surface area (Å²) in [6, 6.07) is 13.1. The number of aromatic nitrogens is 1. The molecule has 1 atom stereocenters. The smallest absolute Gasteiger partial charge is 0.251 e. The SMILES string of the molecule is O=C(NC1CCS(=O)(=O)C1)c1ccnc(NCCc2ccccc2)c1. The number of hydrogen-bond donors (Lipinski definition) is 2. The van der Waals surface area contributed by atoms with Crippen LogP contribution in [0.5, 0.6) is 0 Å². The second-order valence-electron chi connectivity index (χ2n) is 6.17. The number of amides is 1. The molecule has 0 radical (unpaired) electrons. The van der Waals surface area contributed by atoms with Gasteiger partial charge >= 0.3 is 0 Å². The van der Waals surface area contributed by atoms with E-state index in [1.165, 1.54) is 5.56 Å². The Hall–Kier alpha value is -2.41. The van der Waals surface area contributed by atoms with Gasteiger partial charge in [-0.05, 0) is 30.5 Å². The predicted molar refractivity (Wildman–Crippen MR) is 97.4 cm³/mol. The van der Waals surface area contributed by atoms with E-state index in [9.17, 15) is 13.2 Å². The Kier molecular flexibility index (Phi) is 5.33. The van der Waals surface area contributed by atoms with Crippen molar-refractivity contribution in [1.29, 1.82) is 0 Å². The fourth-order valence-electron chi connectivity index (χ4n) is 2.83. The summed E-state index contributed by atoms with van der Waals surface area (Å²) in [7, 11) is -3.01. The van der Waals surface area contributed by atoms with E-state index in [2.05, 4.69) is 27.8 Å². The number of rotatable bonds is 6. The third kappa shape index (κ3) is 5.03. The van der Waals surface area contributed by atoms with E-state index >= 15 is 0 Å². The van der Waals surface area contributed by atoms with Gasteiger partial charge in [-0.15, -0.1) is 0 Å². The Morgan fingerprint density at radius 2 is 2.00 bits per heavy atom. The molecule has 2 aromatic rings. The minimum atomic E-state index is -3.01. The minimum Gasteiger partial charge on any atom is -0.370 e. The molecular formula is C18H21N3O3S. The van der Waals surface area contributed by atoms with Crippen LogP contribution in [0.4, 0.5) is 5.82 Å². The summed E-state index contributed by atoms with van der Waals surface area (Å²) in [5.41, 5.74) is 1.70. The number of sulfone groups is 1. The zero-order valence-corrected chi connectivity index (χ0v) is 14.6. The van der Waals surface area contributed by atoms with Gasteiger partial charge in [0.1, 0.15) is 5.82 Å². The lowest BCUT2D eigenvalue weighted by Gasteiger charge is -2.12.